The molecule has 0 bridgehead atoms. The fourth-order valence-electron chi connectivity index (χ4n) is 3.75. The summed E-state index contributed by atoms with van der Waals surface area (Å²) >= 11 is 6.99. The van der Waals surface area contributed by atoms with Crippen LogP contribution in [0.15, 0.2) is 47.4 Å². The highest BCUT2D eigenvalue weighted by atomic mass is 35.5. The molecule has 1 unspecified atom stereocenters. The Balaban J connectivity index is 1.57. The number of nitrogen functional groups attached to an aromatic ring is 1. The number of hydrogen-bond acceptors (Lipinski definition) is 8. The number of nitrogens with two attached hydrogens (primary N) is 1. The molecule has 2 aromatic carbocycles. The van der Waals surface area contributed by atoms with Crippen LogP contribution in [0, 0.1) is 11.2 Å². The molecule has 1 aliphatic rings. The number of rotatable bonds is 7. The van der Waals surface area contributed by atoms with Crippen molar-refractivity contribution in [2.75, 3.05) is 30.6 Å². The Morgan fingerprint density at radius 2 is 1.97 bits per heavy atom. The smallest absolute Gasteiger partial charge is 0.296 e. The normalized spacial score (nSPS) is 17.6. The van der Waals surface area contributed by atoms with Crippen LogP contribution in [0.4, 0.5) is 24.7 Å². The van der Waals surface area contributed by atoms with Gasteiger partial charge in [0, 0.05) is 35.0 Å². The molecule has 1 aliphatic heterocycles. The number of benzene rings is 2. The Morgan fingerprint density at radius 3 is 2.64 bits per heavy atom. The number of halogens is 4. The highest BCUT2D eigenvalue weighted by Crippen LogP contribution is 2.34. The van der Waals surface area contributed by atoms with Gasteiger partial charge in [-0.15, -0.1) is 0 Å². The highest BCUT2D eigenvalue weighted by Gasteiger charge is 2.46. The van der Waals surface area contributed by atoms with Crippen molar-refractivity contribution in [2.45, 2.75) is 30.3 Å². The van der Waals surface area contributed by atoms with Crippen LogP contribution in [0.3, 0.4) is 0 Å². The van der Waals surface area contributed by atoms with Gasteiger partial charge in [-0.05, 0) is 68.4 Å². The summed E-state index contributed by atoms with van der Waals surface area (Å²) in [7, 11) is 1.63. The zero-order valence-electron chi connectivity index (χ0n) is 19.5. The third kappa shape index (κ3) is 5.85. The lowest BCUT2D eigenvalue weighted by molar-refractivity contribution is -0.136. The topological polar surface area (TPSA) is 100 Å². The number of alkyl halides is 2. The predicted octanol–water partition coefficient (Wildman–Crippen LogP) is 5.74. The van der Waals surface area contributed by atoms with Gasteiger partial charge in [-0.25, -0.2) is 18.2 Å². The molecule has 4 rings (SSSR count). The second-order valence-electron chi connectivity index (χ2n) is 8.49. The molecule has 0 saturated carbocycles. The molecule has 4 N–H and O–H groups in total. The van der Waals surface area contributed by atoms with Crippen molar-refractivity contribution in [1.29, 1.82) is 5.41 Å². The number of likely N-dealkylation sites (tertiary alicyclic amines) is 1. The molecular formula is C24H24ClF3N6OS. The molecular weight excluding hydrogens is 513 g/mol. The van der Waals surface area contributed by atoms with Crippen molar-refractivity contribution < 1.29 is 17.9 Å². The maximum atomic E-state index is 14.6. The Morgan fingerprint density at radius 1 is 1.25 bits per heavy atom. The Hall–Kier alpha value is -3.02. The largest absolute Gasteiger partial charge is 0.467 e. The van der Waals surface area contributed by atoms with Crippen molar-refractivity contribution in [3.05, 3.63) is 58.9 Å². The SMILES string of the molecule is CC(=N)c1c(N)nc(-c2ccc(NSc3cc(Cl)ccc3F)cc2)nc1OC1CCN(C)CC1(F)F. The third-order valence-electron chi connectivity index (χ3n) is 5.57. The van der Waals surface area contributed by atoms with E-state index in [1.807, 2.05) is 0 Å². The summed E-state index contributed by atoms with van der Waals surface area (Å²) in [6, 6.07) is 11.1. The number of nitrogens with zero attached hydrogens (tertiary/aromatic N) is 3. The summed E-state index contributed by atoms with van der Waals surface area (Å²) in [5.41, 5.74) is 7.42. The van der Waals surface area contributed by atoms with Gasteiger partial charge >= 0.3 is 0 Å². The second-order valence-corrected chi connectivity index (χ2v) is 9.77. The van der Waals surface area contributed by atoms with E-state index in [9.17, 15) is 13.2 Å². The van der Waals surface area contributed by atoms with E-state index in [0.717, 1.165) is 11.9 Å². The summed E-state index contributed by atoms with van der Waals surface area (Å²) in [5, 5.41) is 8.45. The van der Waals surface area contributed by atoms with Gasteiger partial charge in [0.15, 0.2) is 11.9 Å². The molecule has 7 nitrogen and oxygen atoms in total. The molecule has 0 amide bonds. The molecule has 0 radical (unpaired) electrons. The first-order valence-electron chi connectivity index (χ1n) is 11.0. The minimum atomic E-state index is -3.09. The lowest BCUT2D eigenvalue weighted by atomic mass is 10.0. The van der Waals surface area contributed by atoms with Crippen LogP contribution in [-0.2, 0) is 0 Å². The summed E-state index contributed by atoms with van der Waals surface area (Å²) < 4.78 is 51.9. The van der Waals surface area contributed by atoms with Gasteiger partial charge in [0.05, 0.1) is 17.0 Å². The molecule has 2 heterocycles. The average Bonchev–Trinajstić information content (AvgIpc) is 2.81. The van der Waals surface area contributed by atoms with Crippen LogP contribution in [-0.4, -0.2) is 52.7 Å². The molecule has 0 aliphatic carbocycles. The molecule has 36 heavy (non-hydrogen) atoms. The summed E-state index contributed by atoms with van der Waals surface area (Å²) in [5.74, 6) is -3.50. The van der Waals surface area contributed by atoms with Crippen molar-refractivity contribution in [1.82, 2.24) is 14.9 Å². The monoisotopic (exact) mass is 536 g/mol. The lowest BCUT2D eigenvalue weighted by Crippen LogP contribution is -2.52. The van der Waals surface area contributed by atoms with E-state index in [2.05, 4.69) is 14.7 Å². The molecule has 1 fully saturated rings. The molecule has 1 atom stereocenters. The van der Waals surface area contributed by atoms with Gasteiger partial charge in [0.2, 0.25) is 5.88 Å². The van der Waals surface area contributed by atoms with Crippen LogP contribution in [0.2, 0.25) is 5.02 Å². The standard InChI is InChI=1S/C24H24ClF3N6OS/c1-13(29)20-21(30)31-22(32-23(20)35-19-9-10-34(2)12-24(19,27)28)14-3-6-16(7-4-14)33-36-18-11-15(25)5-8-17(18)26/h3-8,11,19,29,33H,9-10,12H2,1-2H3,(H2,30,31,32). The fraction of sp³-hybridized carbons (Fsp3) is 0.292. The fourth-order valence-corrected chi connectivity index (χ4v) is 4.70. The van der Waals surface area contributed by atoms with Crippen molar-refractivity contribution in [3.63, 3.8) is 0 Å². The molecule has 190 valence electrons. The van der Waals surface area contributed by atoms with E-state index in [1.54, 1.807) is 31.3 Å². The first-order valence-corrected chi connectivity index (χ1v) is 12.2. The molecule has 3 aromatic rings. The van der Waals surface area contributed by atoms with E-state index in [0.29, 0.717) is 27.7 Å². The zero-order valence-corrected chi connectivity index (χ0v) is 21.1. The van der Waals surface area contributed by atoms with Gasteiger partial charge in [-0.3, -0.25) is 0 Å². The molecule has 12 heteroatoms. The maximum Gasteiger partial charge on any atom is 0.296 e. The number of nitrogens with one attached hydrogen (secondary N) is 2. The van der Waals surface area contributed by atoms with Gasteiger partial charge in [0.25, 0.3) is 5.92 Å². The molecule has 0 spiro atoms. The molecule has 1 aromatic heterocycles. The third-order valence-corrected chi connectivity index (χ3v) is 6.68. The lowest BCUT2D eigenvalue weighted by Gasteiger charge is -2.36. The Kier molecular flexibility index (Phi) is 7.62. The quantitative estimate of drug-likeness (QED) is 0.261. The van der Waals surface area contributed by atoms with Gasteiger partial charge in [-0.2, -0.15) is 4.98 Å². The van der Waals surface area contributed by atoms with E-state index >= 15 is 0 Å². The predicted molar refractivity (Wildman–Crippen MR) is 137 cm³/mol. The Bertz CT molecular complexity index is 1280. The first-order chi connectivity index (χ1) is 17.0. The average molecular weight is 537 g/mol. The van der Waals surface area contributed by atoms with Gasteiger partial charge in [0.1, 0.15) is 11.6 Å². The van der Waals surface area contributed by atoms with Crippen LogP contribution in [0.25, 0.3) is 11.4 Å². The zero-order chi connectivity index (χ0) is 26.0. The molecule has 1 saturated heterocycles. The van der Waals surface area contributed by atoms with E-state index in [-0.39, 0.29) is 35.2 Å². The van der Waals surface area contributed by atoms with Gasteiger partial charge in [-0.1, -0.05) is 11.6 Å². The van der Waals surface area contributed by atoms with Crippen LogP contribution >= 0.6 is 23.5 Å². The van der Waals surface area contributed by atoms with E-state index in [4.69, 9.17) is 27.5 Å². The van der Waals surface area contributed by atoms with E-state index < -0.39 is 24.4 Å². The van der Waals surface area contributed by atoms with Crippen LogP contribution in [0.1, 0.15) is 18.9 Å². The van der Waals surface area contributed by atoms with Crippen molar-refractivity contribution in [2.24, 2.45) is 0 Å². The van der Waals surface area contributed by atoms with E-state index in [1.165, 1.54) is 30.0 Å². The first kappa shape index (κ1) is 26.1. The second kappa shape index (κ2) is 10.5. The van der Waals surface area contributed by atoms with Crippen LogP contribution < -0.4 is 15.2 Å². The Labute approximate surface area is 215 Å². The summed E-state index contributed by atoms with van der Waals surface area (Å²) in [4.78, 5) is 10.5. The minimum absolute atomic E-state index is 0.00936. The minimum Gasteiger partial charge on any atom is -0.467 e. The van der Waals surface area contributed by atoms with Gasteiger partial charge < -0.3 is 25.5 Å². The summed E-state index contributed by atoms with van der Waals surface area (Å²) in [6.45, 7) is 1.48. The number of hydrogen-bond donors (Lipinski definition) is 3. The highest BCUT2D eigenvalue weighted by molar-refractivity contribution is 8.00. The number of ether oxygens (including phenoxy) is 1. The number of anilines is 2. The maximum absolute atomic E-state index is 14.6. The van der Waals surface area contributed by atoms with Crippen molar-refractivity contribution >= 4 is 40.8 Å². The van der Waals surface area contributed by atoms with Crippen molar-refractivity contribution in [3.8, 4) is 17.3 Å². The summed E-state index contributed by atoms with van der Waals surface area (Å²) in [6.07, 6.45) is -1.30. The number of aromatic nitrogens is 2. The van der Waals surface area contributed by atoms with Crippen LogP contribution in [0.5, 0.6) is 5.88 Å². The number of piperidine rings is 1.